The highest BCUT2D eigenvalue weighted by Crippen LogP contribution is 2.41. The van der Waals surface area contributed by atoms with Gasteiger partial charge in [0.25, 0.3) is 0 Å². The Morgan fingerprint density at radius 2 is 0.719 bits per heavy atom. The number of hydrogen-bond acceptors (Lipinski definition) is 3. The van der Waals surface area contributed by atoms with Gasteiger partial charge in [0.1, 0.15) is 22.3 Å². The van der Waals surface area contributed by atoms with Crippen molar-refractivity contribution >= 4 is 82.7 Å². The Labute approximate surface area is 369 Å². The number of hydrogen-bond donors (Lipinski definition) is 0. The van der Waals surface area contributed by atoms with Crippen LogP contribution in [-0.2, 0) is 0 Å². The molecule has 0 aliphatic heterocycles. The third kappa shape index (κ3) is 5.92. The Bertz CT molecular complexity index is 3890. The van der Waals surface area contributed by atoms with Gasteiger partial charge in [-0.15, -0.1) is 0 Å². The molecule has 0 aliphatic carbocycles. The number of aromatic nitrogens is 1. The Hall–Kier alpha value is -8.60. The SMILES string of the molecule is c1ccc(-n2c3ccccc3c3cc(-c4ccc(N(c5ccc(-c6ccc7oc8ccccc8c7c6)cc5)c5cccc(-c6ccc7oc8ccccc8c7c6)c5)cc4)ccc32)cc1. The molecule has 3 aromatic heterocycles. The molecule has 0 N–H and O–H groups in total. The van der Waals surface area contributed by atoms with Gasteiger partial charge >= 0.3 is 0 Å². The fourth-order valence-corrected chi connectivity index (χ4v) is 9.70. The summed E-state index contributed by atoms with van der Waals surface area (Å²) in [6, 6.07) is 82.4. The lowest BCUT2D eigenvalue weighted by Gasteiger charge is -2.26. The van der Waals surface area contributed by atoms with Gasteiger partial charge in [-0.05, 0) is 137 Å². The van der Waals surface area contributed by atoms with E-state index in [9.17, 15) is 0 Å². The van der Waals surface area contributed by atoms with Crippen molar-refractivity contribution in [3.05, 3.63) is 231 Å². The number of furan rings is 2. The first kappa shape index (κ1) is 36.1. The molecule has 300 valence electrons. The zero-order valence-electron chi connectivity index (χ0n) is 34.7. The lowest BCUT2D eigenvalue weighted by atomic mass is 10.00. The van der Waals surface area contributed by atoms with E-state index in [0.717, 1.165) is 94.4 Å². The van der Waals surface area contributed by atoms with Crippen molar-refractivity contribution in [2.75, 3.05) is 4.90 Å². The minimum Gasteiger partial charge on any atom is -0.456 e. The maximum absolute atomic E-state index is 6.19. The highest BCUT2D eigenvalue weighted by atomic mass is 16.3. The Balaban J connectivity index is 0.904. The van der Waals surface area contributed by atoms with Crippen molar-refractivity contribution in [3.8, 4) is 39.1 Å². The molecule has 64 heavy (non-hydrogen) atoms. The topological polar surface area (TPSA) is 34.5 Å². The predicted molar refractivity (Wildman–Crippen MR) is 266 cm³/mol. The molecule has 4 heteroatoms. The number of para-hydroxylation sites is 4. The van der Waals surface area contributed by atoms with E-state index in [0.29, 0.717) is 0 Å². The van der Waals surface area contributed by atoms with Crippen molar-refractivity contribution in [2.45, 2.75) is 0 Å². The van der Waals surface area contributed by atoms with Crippen LogP contribution in [0, 0.1) is 0 Å². The third-order valence-electron chi connectivity index (χ3n) is 12.8. The van der Waals surface area contributed by atoms with Crippen LogP contribution in [0.2, 0.25) is 0 Å². The van der Waals surface area contributed by atoms with Gasteiger partial charge in [0, 0.05) is 55.1 Å². The van der Waals surface area contributed by atoms with Gasteiger partial charge < -0.3 is 18.3 Å². The quantitative estimate of drug-likeness (QED) is 0.161. The smallest absolute Gasteiger partial charge is 0.135 e. The van der Waals surface area contributed by atoms with Crippen LogP contribution in [-0.4, -0.2) is 4.57 Å². The second-order valence-corrected chi connectivity index (χ2v) is 16.5. The summed E-state index contributed by atoms with van der Waals surface area (Å²) < 4.78 is 14.7. The molecule has 0 bridgehead atoms. The highest BCUT2D eigenvalue weighted by Gasteiger charge is 2.18. The number of benzene rings is 10. The van der Waals surface area contributed by atoms with Gasteiger partial charge in [-0.3, -0.25) is 0 Å². The maximum atomic E-state index is 6.19. The molecule has 0 saturated heterocycles. The molecule has 0 saturated carbocycles. The summed E-state index contributed by atoms with van der Waals surface area (Å²) in [6.45, 7) is 0. The largest absolute Gasteiger partial charge is 0.456 e. The first-order chi connectivity index (χ1) is 31.7. The zero-order valence-corrected chi connectivity index (χ0v) is 34.7. The number of fused-ring (bicyclic) bond motifs is 9. The van der Waals surface area contributed by atoms with E-state index >= 15 is 0 Å². The molecular weight excluding hydrogens is 781 g/mol. The summed E-state index contributed by atoms with van der Waals surface area (Å²) in [5, 5.41) is 6.97. The standard InChI is InChI=1S/C60H38N2O2/c1-2-12-45(13-3-1)62-55-18-7-4-15-49(55)52-36-42(25-32-56(52)62)39-21-28-46(29-22-39)61(47-30-23-40(24-31-47)43-26-33-59-53(37-43)50-16-5-8-19-57(50)63-59)48-14-10-11-41(35-48)44-27-34-60-54(38-44)51-17-6-9-20-58(51)64-60/h1-38H. The number of nitrogens with zero attached hydrogens (tertiary/aromatic N) is 2. The number of rotatable bonds is 7. The van der Waals surface area contributed by atoms with Crippen molar-refractivity contribution < 1.29 is 8.83 Å². The average molecular weight is 819 g/mol. The molecule has 13 aromatic rings. The van der Waals surface area contributed by atoms with Crippen LogP contribution in [0.4, 0.5) is 17.1 Å². The van der Waals surface area contributed by atoms with Crippen LogP contribution in [0.15, 0.2) is 239 Å². The second kappa shape index (κ2) is 14.5. The fraction of sp³-hybridized carbons (Fsp3) is 0. The minimum absolute atomic E-state index is 0.893. The van der Waals surface area contributed by atoms with E-state index in [1.54, 1.807) is 0 Å². The first-order valence-corrected chi connectivity index (χ1v) is 21.7. The van der Waals surface area contributed by atoms with Gasteiger partial charge in [-0.25, -0.2) is 0 Å². The molecule has 10 aromatic carbocycles. The molecule has 0 aliphatic rings. The van der Waals surface area contributed by atoms with Crippen molar-refractivity contribution in [3.63, 3.8) is 0 Å². The second-order valence-electron chi connectivity index (χ2n) is 16.5. The van der Waals surface area contributed by atoms with E-state index in [1.165, 1.54) is 27.4 Å². The molecule has 4 nitrogen and oxygen atoms in total. The molecule has 0 fully saturated rings. The molecule has 0 radical (unpaired) electrons. The van der Waals surface area contributed by atoms with Gasteiger partial charge in [-0.1, -0.05) is 127 Å². The molecule has 3 heterocycles. The minimum atomic E-state index is 0.893. The van der Waals surface area contributed by atoms with Gasteiger partial charge in [0.05, 0.1) is 11.0 Å². The van der Waals surface area contributed by atoms with E-state index in [2.05, 4.69) is 216 Å². The molecule has 13 rings (SSSR count). The van der Waals surface area contributed by atoms with Crippen molar-refractivity contribution in [2.24, 2.45) is 0 Å². The van der Waals surface area contributed by atoms with Crippen LogP contribution in [0.5, 0.6) is 0 Å². The maximum Gasteiger partial charge on any atom is 0.135 e. The van der Waals surface area contributed by atoms with Crippen LogP contribution in [0.3, 0.4) is 0 Å². The molecule has 0 amide bonds. The van der Waals surface area contributed by atoms with Crippen LogP contribution < -0.4 is 4.90 Å². The van der Waals surface area contributed by atoms with Gasteiger partial charge in [0.2, 0.25) is 0 Å². The summed E-state index contributed by atoms with van der Waals surface area (Å²) in [7, 11) is 0. The Morgan fingerprint density at radius 1 is 0.266 bits per heavy atom. The van der Waals surface area contributed by atoms with Crippen LogP contribution in [0.25, 0.3) is 105 Å². The summed E-state index contributed by atoms with van der Waals surface area (Å²) in [4.78, 5) is 2.35. The number of anilines is 3. The summed E-state index contributed by atoms with van der Waals surface area (Å²) in [6.07, 6.45) is 0. The Kier molecular flexibility index (Phi) is 8.18. The van der Waals surface area contributed by atoms with Gasteiger partial charge in [-0.2, -0.15) is 0 Å². The average Bonchev–Trinajstić information content (AvgIpc) is 4.04. The van der Waals surface area contributed by atoms with Gasteiger partial charge in [0.15, 0.2) is 0 Å². The van der Waals surface area contributed by atoms with Crippen LogP contribution in [0.1, 0.15) is 0 Å². The van der Waals surface area contributed by atoms with Crippen LogP contribution >= 0.6 is 0 Å². The zero-order chi connectivity index (χ0) is 42.1. The summed E-state index contributed by atoms with van der Waals surface area (Å²) in [5.41, 5.74) is 17.3. The van der Waals surface area contributed by atoms with E-state index in [1.807, 2.05) is 24.3 Å². The molecule has 0 atom stereocenters. The molecule has 0 spiro atoms. The van der Waals surface area contributed by atoms with Crippen molar-refractivity contribution in [1.29, 1.82) is 0 Å². The van der Waals surface area contributed by atoms with Crippen molar-refractivity contribution in [1.82, 2.24) is 4.57 Å². The highest BCUT2D eigenvalue weighted by molar-refractivity contribution is 6.11. The van der Waals surface area contributed by atoms with E-state index in [-0.39, 0.29) is 0 Å². The molecular formula is C60H38N2O2. The Morgan fingerprint density at radius 3 is 1.34 bits per heavy atom. The third-order valence-corrected chi connectivity index (χ3v) is 12.8. The summed E-state index contributed by atoms with van der Waals surface area (Å²) >= 11 is 0. The predicted octanol–water partition coefficient (Wildman–Crippen LogP) is 17.1. The van der Waals surface area contributed by atoms with E-state index in [4.69, 9.17) is 8.83 Å². The lowest BCUT2D eigenvalue weighted by molar-refractivity contribution is 0.668. The monoisotopic (exact) mass is 818 g/mol. The lowest BCUT2D eigenvalue weighted by Crippen LogP contribution is -2.10. The molecule has 0 unspecified atom stereocenters. The summed E-state index contributed by atoms with van der Waals surface area (Å²) in [5.74, 6) is 0. The van der Waals surface area contributed by atoms with E-state index < -0.39 is 0 Å². The fourth-order valence-electron chi connectivity index (χ4n) is 9.70. The first-order valence-electron chi connectivity index (χ1n) is 21.7. The normalized spacial score (nSPS) is 11.8.